The fourth-order valence-corrected chi connectivity index (χ4v) is 1.56. The van der Waals surface area contributed by atoms with Crippen LogP contribution in [0.1, 0.15) is 28.8 Å². The summed E-state index contributed by atoms with van der Waals surface area (Å²) in [5.41, 5.74) is 7.43. The smallest absolute Gasteiger partial charge is 0.153 e. The Morgan fingerprint density at radius 1 is 1.50 bits per heavy atom. The maximum absolute atomic E-state index is 10.8. The molecule has 0 bridgehead atoms. The number of nitrogens with two attached hydrogens (primary N) is 1. The zero-order valence-electron chi connectivity index (χ0n) is 8.12. The average molecular weight is 191 g/mol. The number of hydrogen-bond donors (Lipinski definition) is 1. The molecule has 0 radical (unpaired) electrons. The van der Waals surface area contributed by atoms with Gasteiger partial charge in [-0.1, -0.05) is 6.07 Å². The standard InChI is InChI=1S/C11H13NO2/c1-14-10-3-2-9(6-8(10)7-13)11(12)4-5-11/h2-3,6-7H,4-5,12H2,1H3. The largest absolute Gasteiger partial charge is 0.496 e. The lowest BCUT2D eigenvalue weighted by Crippen LogP contribution is -2.18. The highest BCUT2D eigenvalue weighted by Crippen LogP contribution is 2.43. The summed E-state index contributed by atoms with van der Waals surface area (Å²) >= 11 is 0. The number of aldehydes is 1. The van der Waals surface area contributed by atoms with E-state index in [0.717, 1.165) is 24.7 Å². The Morgan fingerprint density at radius 2 is 2.21 bits per heavy atom. The Bertz CT molecular complexity index is 370. The molecule has 0 aromatic heterocycles. The third-order valence-electron chi connectivity index (χ3n) is 2.72. The van der Waals surface area contributed by atoms with Crippen LogP contribution in [0.3, 0.4) is 0 Å². The number of hydrogen-bond acceptors (Lipinski definition) is 3. The van der Waals surface area contributed by atoms with Crippen LogP contribution in [0, 0.1) is 0 Å². The fraction of sp³-hybridized carbons (Fsp3) is 0.364. The molecular formula is C11H13NO2. The molecule has 0 amide bonds. The second kappa shape index (κ2) is 3.10. The van der Waals surface area contributed by atoms with Gasteiger partial charge in [-0.2, -0.15) is 0 Å². The molecule has 0 heterocycles. The third-order valence-corrected chi connectivity index (χ3v) is 2.72. The third kappa shape index (κ3) is 1.40. The lowest BCUT2D eigenvalue weighted by molar-refractivity contribution is 0.112. The molecule has 1 aromatic rings. The van der Waals surface area contributed by atoms with Crippen LogP contribution in [0.2, 0.25) is 0 Å². The molecule has 1 aliphatic carbocycles. The van der Waals surface area contributed by atoms with Crippen LogP contribution in [-0.2, 0) is 5.54 Å². The molecule has 2 N–H and O–H groups in total. The van der Waals surface area contributed by atoms with Gasteiger partial charge in [-0.25, -0.2) is 0 Å². The van der Waals surface area contributed by atoms with Crippen molar-refractivity contribution in [2.24, 2.45) is 5.73 Å². The molecule has 14 heavy (non-hydrogen) atoms. The Balaban J connectivity index is 2.41. The van der Waals surface area contributed by atoms with Gasteiger partial charge in [-0.05, 0) is 30.5 Å². The first-order valence-electron chi connectivity index (χ1n) is 4.62. The lowest BCUT2D eigenvalue weighted by Gasteiger charge is -2.11. The van der Waals surface area contributed by atoms with Crippen molar-refractivity contribution in [2.75, 3.05) is 7.11 Å². The molecule has 0 atom stereocenters. The predicted molar refractivity (Wildman–Crippen MR) is 53.5 cm³/mol. The maximum Gasteiger partial charge on any atom is 0.153 e. The average Bonchev–Trinajstić information content (AvgIpc) is 2.97. The second-order valence-electron chi connectivity index (χ2n) is 3.73. The van der Waals surface area contributed by atoms with E-state index in [1.807, 2.05) is 12.1 Å². The monoisotopic (exact) mass is 191 g/mol. The van der Waals surface area contributed by atoms with Gasteiger partial charge in [0.15, 0.2) is 6.29 Å². The number of ether oxygens (including phenoxy) is 1. The van der Waals surface area contributed by atoms with Gasteiger partial charge >= 0.3 is 0 Å². The molecule has 0 unspecified atom stereocenters. The first-order chi connectivity index (χ1) is 6.69. The van der Waals surface area contributed by atoms with Crippen molar-refractivity contribution in [3.63, 3.8) is 0 Å². The molecule has 1 aliphatic rings. The highest BCUT2D eigenvalue weighted by atomic mass is 16.5. The number of carbonyl (C=O) groups excluding carboxylic acids is 1. The summed E-state index contributed by atoms with van der Waals surface area (Å²) < 4.78 is 5.05. The van der Waals surface area contributed by atoms with Crippen LogP contribution in [0.5, 0.6) is 5.75 Å². The van der Waals surface area contributed by atoms with E-state index in [9.17, 15) is 4.79 Å². The number of methoxy groups -OCH3 is 1. The van der Waals surface area contributed by atoms with Crippen molar-refractivity contribution >= 4 is 6.29 Å². The zero-order chi connectivity index (χ0) is 10.2. The van der Waals surface area contributed by atoms with Gasteiger partial charge in [-0.15, -0.1) is 0 Å². The summed E-state index contributed by atoms with van der Waals surface area (Å²) in [4.78, 5) is 10.8. The van der Waals surface area contributed by atoms with Gasteiger partial charge in [0.25, 0.3) is 0 Å². The van der Waals surface area contributed by atoms with E-state index < -0.39 is 0 Å². The van der Waals surface area contributed by atoms with Gasteiger partial charge in [0.1, 0.15) is 5.75 Å². The van der Waals surface area contributed by atoms with E-state index in [1.54, 1.807) is 13.2 Å². The van der Waals surface area contributed by atoms with E-state index in [0.29, 0.717) is 11.3 Å². The van der Waals surface area contributed by atoms with Crippen molar-refractivity contribution in [3.05, 3.63) is 29.3 Å². The molecule has 0 aliphatic heterocycles. The molecule has 3 heteroatoms. The summed E-state index contributed by atoms with van der Waals surface area (Å²) in [6.07, 6.45) is 2.79. The Hall–Kier alpha value is -1.35. The Labute approximate surface area is 82.9 Å². The van der Waals surface area contributed by atoms with Gasteiger partial charge < -0.3 is 10.5 Å². The van der Waals surface area contributed by atoms with Crippen LogP contribution in [0.4, 0.5) is 0 Å². The molecule has 1 fully saturated rings. The molecule has 2 rings (SSSR count). The first-order valence-corrected chi connectivity index (χ1v) is 4.62. The van der Waals surface area contributed by atoms with Crippen LogP contribution >= 0.6 is 0 Å². The van der Waals surface area contributed by atoms with Gasteiger partial charge in [0.2, 0.25) is 0 Å². The van der Waals surface area contributed by atoms with Gasteiger partial charge in [-0.3, -0.25) is 4.79 Å². The van der Waals surface area contributed by atoms with Crippen molar-refractivity contribution < 1.29 is 9.53 Å². The number of rotatable bonds is 3. The highest BCUT2D eigenvalue weighted by molar-refractivity contribution is 5.79. The normalized spacial score (nSPS) is 17.6. The van der Waals surface area contributed by atoms with Gasteiger partial charge in [0, 0.05) is 5.54 Å². The summed E-state index contributed by atoms with van der Waals surface area (Å²) in [5.74, 6) is 0.605. The van der Waals surface area contributed by atoms with Crippen LogP contribution in [-0.4, -0.2) is 13.4 Å². The van der Waals surface area contributed by atoms with Gasteiger partial charge in [0.05, 0.1) is 12.7 Å². The summed E-state index contributed by atoms with van der Waals surface area (Å²) in [6.45, 7) is 0. The molecule has 3 nitrogen and oxygen atoms in total. The number of carbonyl (C=O) groups is 1. The van der Waals surface area contributed by atoms with E-state index in [2.05, 4.69) is 0 Å². The molecule has 0 saturated heterocycles. The maximum atomic E-state index is 10.8. The topological polar surface area (TPSA) is 52.3 Å². The summed E-state index contributed by atoms with van der Waals surface area (Å²) in [6, 6.07) is 5.55. The second-order valence-corrected chi connectivity index (χ2v) is 3.73. The predicted octanol–water partition coefficient (Wildman–Crippen LogP) is 1.46. The Kier molecular flexibility index (Phi) is 2.04. The lowest BCUT2D eigenvalue weighted by atomic mass is 10.0. The van der Waals surface area contributed by atoms with Crippen LogP contribution in [0.15, 0.2) is 18.2 Å². The Morgan fingerprint density at radius 3 is 2.71 bits per heavy atom. The number of benzene rings is 1. The fourth-order valence-electron chi connectivity index (χ4n) is 1.56. The van der Waals surface area contributed by atoms with Crippen molar-refractivity contribution in [3.8, 4) is 5.75 Å². The van der Waals surface area contributed by atoms with E-state index in [4.69, 9.17) is 10.5 Å². The van der Waals surface area contributed by atoms with E-state index in [1.165, 1.54) is 0 Å². The van der Waals surface area contributed by atoms with Crippen molar-refractivity contribution in [2.45, 2.75) is 18.4 Å². The first kappa shape index (κ1) is 9.21. The minimum atomic E-state index is -0.190. The van der Waals surface area contributed by atoms with E-state index in [-0.39, 0.29) is 5.54 Å². The minimum absolute atomic E-state index is 0.190. The quantitative estimate of drug-likeness (QED) is 0.736. The molecular weight excluding hydrogens is 178 g/mol. The summed E-state index contributed by atoms with van der Waals surface area (Å²) in [5, 5.41) is 0. The molecule has 0 spiro atoms. The highest BCUT2D eigenvalue weighted by Gasteiger charge is 2.40. The molecule has 1 aromatic carbocycles. The SMILES string of the molecule is COc1ccc(C2(N)CC2)cc1C=O. The van der Waals surface area contributed by atoms with E-state index >= 15 is 0 Å². The van der Waals surface area contributed by atoms with Crippen LogP contribution in [0.25, 0.3) is 0 Å². The minimum Gasteiger partial charge on any atom is -0.496 e. The zero-order valence-corrected chi connectivity index (χ0v) is 8.12. The molecule has 1 saturated carbocycles. The van der Waals surface area contributed by atoms with Crippen LogP contribution < -0.4 is 10.5 Å². The summed E-state index contributed by atoms with van der Waals surface area (Å²) in [7, 11) is 1.55. The molecule has 74 valence electrons. The van der Waals surface area contributed by atoms with Crippen molar-refractivity contribution in [1.29, 1.82) is 0 Å². The van der Waals surface area contributed by atoms with Crippen molar-refractivity contribution in [1.82, 2.24) is 0 Å².